The average Bonchev–Trinajstić information content (AvgIpc) is 2.63. The number of unbranched alkanes of at least 4 members (excludes halogenated alkanes) is 2. The predicted molar refractivity (Wildman–Crippen MR) is 91.3 cm³/mol. The van der Waals surface area contributed by atoms with Crippen molar-refractivity contribution in [2.45, 2.75) is 32.4 Å². The van der Waals surface area contributed by atoms with Crippen LogP contribution >= 0.6 is 0 Å². The number of rotatable bonds is 7. The number of nitrogens with zero attached hydrogens (tertiary/aromatic N) is 4. The summed E-state index contributed by atoms with van der Waals surface area (Å²) < 4.78 is 45.4. The number of halogens is 3. The van der Waals surface area contributed by atoms with Gasteiger partial charge in [0.05, 0.1) is 18.2 Å². The third kappa shape index (κ3) is 4.85. The first-order valence-electron chi connectivity index (χ1n) is 8.17. The molecule has 0 amide bonds. The van der Waals surface area contributed by atoms with Crippen LogP contribution in [0.2, 0.25) is 0 Å². The zero-order valence-electron chi connectivity index (χ0n) is 14.5. The summed E-state index contributed by atoms with van der Waals surface area (Å²) in [6.07, 6.45) is -1.16. The number of hydrogen-bond donors (Lipinski definition) is 0. The Kier molecular flexibility index (Phi) is 6.39. The molecule has 1 aromatic heterocycles. The first-order chi connectivity index (χ1) is 12.4. The second kappa shape index (κ2) is 8.52. The average molecular weight is 364 g/mol. The van der Waals surface area contributed by atoms with E-state index >= 15 is 0 Å². The van der Waals surface area contributed by atoms with Crippen LogP contribution in [0.25, 0.3) is 0 Å². The van der Waals surface area contributed by atoms with Crippen LogP contribution in [0.5, 0.6) is 6.01 Å². The molecule has 5 nitrogen and oxygen atoms in total. The van der Waals surface area contributed by atoms with E-state index in [0.29, 0.717) is 17.9 Å². The molecule has 0 aliphatic heterocycles. The molecule has 2 aromatic rings. The Labute approximate surface area is 150 Å². The van der Waals surface area contributed by atoms with Crippen LogP contribution < -0.4 is 9.64 Å². The Morgan fingerprint density at radius 1 is 1.27 bits per heavy atom. The number of aromatic nitrogens is 2. The van der Waals surface area contributed by atoms with E-state index < -0.39 is 11.7 Å². The third-order valence-electron chi connectivity index (χ3n) is 3.71. The number of benzene rings is 1. The fourth-order valence-corrected chi connectivity index (χ4v) is 2.30. The van der Waals surface area contributed by atoms with Crippen molar-refractivity contribution < 1.29 is 17.9 Å². The maximum Gasteiger partial charge on any atom is 0.421 e. The molecule has 0 bridgehead atoms. The van der Waals surface area contributed by atoms with Gasteiger partial charge in [0.25, 0.3) is 0 Å². The van der Waals surface area contributed by atoms with Gasteiger partial charge in [-0.3, -0.25) is 0 Å². The van der Waals surface area contributed by atoms with Crippen LogP contribution in [-0.2, 0) is 6.18 Å². The van der Waals surface area contributed by atoms with Crippen LogP contribution in [0, 0.1) is 11.3 Å². The number of ether oxygens (including phenoxy) is 1. The van der Waals surface area contributed by atoms with Crippen molar-refractivity contribution in [3.63, 3.8) is 0 Å². The number of alkyl halides is 3. The molecule has 0 aliphatic carbocycles. The maximum absolute atomic E-state index is 13.4. The minimum absolute atomic E-state index is 0.104. The second-order valence-electron chi connectivity index (χ2n) is 5.66. The van der Waals surface area contributed by atoms with Crippen molar-refractivity contribution in [2.24, 2.45) is 0 Å². The van der Waals surface area contributed by atoms with Gasteiger partial charge in [-0.15, -0.1) is 0 Å². The van der Waals surface area contributed by atoms with E-state index in [9.17, 15) is 13.2 Å². The molecule has 8 heteroatoms. The minimum Gasteiger partial charge on any atom is -0.463 e. The van der Waals surface area contributed by atoms with Crippen molar-refractivity contribution in [1.29, 1.82) is 5.26 Å². The van der Waals surface area contributed by atoms with Gasteiger partial charge in [-0.25, -0.2) is 4.98 Å². The lowest BCUT2D eigenvalue weighted by Gasteiger charge is -2.22. The molecule has 1 aromatic carbocycles. The molecule has 1 heterocycles. The summed E-state index contributed by atoms with van der Waals surface area (Å²) >= 11 is 0. The Balaban J connectivity index is 2.37. The molecule has 0 unspecified atom stereocenters. The zero-order chi connectivity index (χ0) is 19.2. The van der Waals surface area contributed by atoms with Gasteiger partial charge in [-0.1, -0.05) is 25.8 Å². The Hall–Kier alpha value is -2.82. The Bertz CT molecular complexity index is 787. The molecular weight excluding hydrogens is 345 g/mol. The van der Waals surface area contributed by atoms with Crippen molar-refractivity contribution in [3.8, 4) is 12.1 Å². The number of hydrogen-bond acceptors (Lipinski definition) is 5. The molecule has 0 saturated carbocycles. The van der Waals surface area contributed by atoms with Crippen molar-refractivity contribution in [3.05, 3.63) is 41.6 Å². The smallest absolute Gasteiger partial charge is 0.421 e. The van der Waals surface area contributed by atoms with E-state index in [1.54, 1.807) is 18.2 Å². The fourth-order valence-electron chi connectivity index (χ4n) is 2.30. The highest BCUT2D eigenvalue weighted by Gasteiger charge is 2.36. The largest absolute Gasteiger partial charge is 0.463 e. The van der Waals surface area contributed by atoms with E-state index in [4.69, 9.17) is 10.00 Å². The fraction of sp³-hybridized carbons (Fsp3) is 0.389. The van der Waals surface area contributed by atoms with Gasteiger partial charge in [-0.2, -0.15) is 23.4 Å². The molecule has 0 radical (unpaired) electrons. The SMILES string of the molecule is CCCCCOc1ncc(C(F)(F)F)c(N(C)c2cccc(C#N)c2)n1. The number of nitriles is 1. The monoisotopic (exact) mass is 364 g/mol. The lowest BCUT2D eigenvalue weighted by atomic mass is 10.2. The highest BCUT2D eigenvalue weighted by atomic mass is 19.4. The topological polar surface area (TPSA) is 62.0 Å². The van der Waals surface area contributed by atoms with E-state index in [1.807, 2.05) is 13.0 Å². The highest BCUT2D eigenvalue weighted by molar-refractivity contribution is 5.64. The lowest BCUT2D eigenvalue weighted by molar-refractivity contribution is -0.137. The van der Waals surface area contributed by atoms with Gasteiger partial charge >= 0.3 is 12.2 Å². The van der Waals surface area contributed by atoms with Crippen LogP contribution in [-0.4, -0.2) is 23.6 Å². The zero-order valence-corrected chi connectivity index (χ0v) is 14.5. The van der Waals surface area contributed by atoms with Crippen LogP contribution in [0.4, 0.5) is 24.7 Å². The van der Waals surface area contributed by atoms with Gasteiger partial charge in [0.2, 0.25) is 0 Å². The number of anilines is 2. The third-order valence-corrected chi connectivity index (χ3v) is 3.71. The minimum atomic E-state index is -4.61. The standard InChI is InChI=1S/C18H19F3N4O/c1-3-4-5-9-26-17-23-12-15(18(19,20)21)16(24-17)25(2)14-8-6-7-13(10-14)11-22/h6-8,10,12H,3-5,9H2,1-2H3. The summed E-state index contributed by atoms with van der Waals surface area (Å²) in [7, 11) is 1.45. The summed E-state index contributed by atoms with van der Waals surface area (Å²) in [6.45, 7) is 2.38. The molecule has 0 atom stereocenters. The Morgan fingerprint density at radius 3 is 2.69 bits per heavy atom. The van der Waals surface area contributed by atoms with Gasteiger partial charge in [-0.05, 0) is 24.6 Å². The summed E-state index contributed by atoms with van der Waals surface area (Å²) in [4.78, 5) is 8.91. The van der Waals surface area contributed by atoms with Gasteiger partial charge in [0.1, 0.15) is 5.56 Å². The highest BCUT2D eigenvalue weighted by Crippen LogP contribution is 2.37. The molecule has 0 aliphatic rings. The van der Waals surface area contributed by atoms with Gasteiger partial charge in [0, 0.05) is 18.9 Å². The Morgan fingerprint density at radius 2 is 2.04 bits per heavy atom. The summed E-state index contributed by atoms with van der Waals surface area (Å²) in [6, 6.07) is 8.12. The quantitative estimate of drug-likeness (QED) is 0.666. The van der Waals surface area contributed by atoms with E-state index in [0.717, 1.165) is 25.5 Å². The molecule has 0 N–H and O–H groups in total. The summed E-state index contributed by atoms with van der Waals surface area (Å²) in [5.41, 5.74) is -0.221. The van der Waals surface area contributed by atoms with E-state index in [2.05, 4.69) is 9.97 Å². The van der Waals surface area contributed by atoms with Crippen molar-refractivity contribution >= 4 is 11.5 Å². The van der Waals surface area contributed by atoms with Crippen LogP contribution in [0.15, 0.2) is 30.5 Å². The summed E-state index contributed by atoms with van der Waals surface area (Å²) in [5, 5.41) is 8.99. The maximum atomic E-state index is 13.4. The molecule has 0 fully saturated rings. The van der Waals surface area contributed by atoms with Gasteiger partial charge < -0.3 is 9.64 Å². The second-order valence-corrected chi connectivity index (χ2v) is 5.66. The molecule has 26 heavy (non-hydrogen) atoms. The van der Waals surface area contributed by atoms with E-state index in [1.165, 1.54) is 18.0 Å². The molecule has 138 valence electrons. The first kappa shape index (κ1) is 19.5. The van der Waals surface area contributed by atoms with Crippen LogP contribution in [0.1, 0.15) is 37.3 Å². The van der Waals surface area contributed by atoms with Crippen molar-refractivity contribution in [2.75, 3.05) is 18.6 Å². The van der Waals surface area contributed by atoms with E-state index in [-0.39, 0.29) is 11.8 Å². The molecule has 0 spiro atoms. The first-order valence-corrected chi connectivity index (χ1v) is 8.17. The van der Waals surface area contributed by atoms with Crippen molar-refractivity contribution in [1.82, 2.24) is 9.97 Å². The molecule has 0 saturated heterocycles. The predicted octanol–water partition coefficient (Wildman–Crippen LogP) is 4.70. The molecule has 2 rings (SSSR count). The lowest BCUT2D eigenvalue weighted by Crippen LogP contribution is -2.19. The normalized spacial score (nSPS) is 11.1. The summed E-state index contributed by atoms with van der Waals surface area (Å²) in [5.74, 6) is -0.326. The van der Waals surface area contributed by atoms with Crippen LogP contribution in [0.3, 0.4) is 0 Å². The van der Waals surface area contributed by atoms with Gasteiger partial charge in [0.15, 0.2) is 5.82 Å². The molecular formula is C18H19F3N4O.